The predicted octanol–water partition coefficient (Wildman–Crippen LogP) is 3.70. The molecule has 34 heavy (non-hydrogen) atoms. The van der Waals surface area contributed by atoms with E-state index in [4.69, 9.17) is 19.7 Å². The standard InChI is InChI=1S/C23H32N2O6S.CH4O/c1-3-5-11-24-18-14-16(23(28)29)15-20(21(18)31-17-9-7-6-8-10-17)32-25-22(19(27)4-2)30-13-12-26;1-2/h6-10,14-15,19,22,24-27H,3-5,11-13H2,1-2H3,(H,28,29);2H,1H3. The van der Waals surface area contributed by atoms with Gasteiger partial charge in [-0.3, -0.25) is 0 Å². The summed E-state index contributed by atoms with van der Waals surface area (Å²) in [5.74, 6) is 0.0256. The molecule has 0 aliphatic heterocycles. The first kappa shape index (κ1) is 29.7. The van der Waals surface area contributed by atoms with Crippen LogP contribution in [0.3, 0.4) is 0 Å². The molecule has 0 heterocycles. The Bertz CT molecular complexity index is 840. The highest BCUT2D eigenvalue weighted by Gasteiger charge is 2.22. The number of aromatic carboxylic acids is 1. The fraction of sp³-hybridized carbons (Fsp3) is 0.458. The molecule has 10 heteroatoms. The van der Waals surface area contributed by atoms with E-state index in [1.54, 1.807) is 6.07 Å². The number of anilines is 1. The van der Waals surface area contributed by atoms with Crippen molar-refractivity contribution in [2.75, 3.05) is 32.2 Å². The van der Waals surface area contributed by atoms with Gasteiger partial charge < -0.3 is 35.2 Å². The van der Waals surface area contributed by atoms with Crippen molar-refractivity contribution in [3.05, 3.63) is 48.0 Å². The molecule has 2 aromatic rings. The Morgan fingerprint density at radius 2 is 1.85 bits per heavy atom. The highest BCUT2D eigenvalue weighted by Crippen LogP contribution is 2.40. The third kappa shape index (κ3) is 9.88. The van der Waals surface area contributed by atoms with Crippen LogP contribution in [0.5, 0.6) is 11.5 Å². The molecule has 2 aromatic carbocycles. The number of aliphatic hydroxyl groups is 3. The second-order valence-corrected chi connectivity index (χ2v) is 7.94. The second-order valence-electron chi connectivity index (χ2n) is 7.06. The van der Waals surface area contributed by atoms with Crippen molar-refractivity contribution in [1.29, 1.82) is 0 Å². The lowest BCUT2D eigenvalue weighted by atomic mass is 10.1. The molecule has 2 unspecified atom stereocenters. The summed E-state index contributed by atoms with van der Waals surface area (Å²) < 4.78 is 14.7. The molecule has 2 atom stereocenters. The van der Waals surface area contributed by atoms with E-state index in [-0.39, 0.29) is 18.8 Å². The van der Waals surface area contributed by atoms with Gasteiger partial charge in [-0.1, -0.05) is 38.5 Å². The van der Waals surface area contributed by atoms with Crippen LogP contribution in [0.4, 0.5) is 5.69 Å². The number of para-hydroxylation sites is 1. The van der Waals surface area contributed by atoms with Crippen molar-refractivity contribution in [3.8, 4) is 11.5 Å². The zero-order valence-electron chi connectivity index (χ0n) is 19.9. The fourth-order valence-corrected chi connectivity index (χ4v) is 3.68. The van der Waals surface area contributed by atoms with Gasteiger partial charge in [0.2, 0.25) is 0 Å². The number of unbranched alkanes of at least 4 members (excludes halogenated alkanes) is 1. The van der Waals surface area contributed by atoms with Gasteiger partial charge in [-0.15, -0.1) is 0 Å². The quantitative estimate of drug-likeness (QED) is 0.123. The number of ether oxygens (including phenoxy) is 2. The van der Waals surface area contributed by atoms with Crippen molar-refractivity contribution in [2.45, 2.75) is 50.3 Å². The smallest absolute Gasteiger partial charge is 0.335 e. The predicted molar refractivity (Wildman–Crippen MR) is 134 cm³/mol. The molecule has 0 fully saturated rings. The van der Waals surface area contributed by atoms with Gasteiger partial charge in [-0.25, -0.2) is 9.52 Å². The van der Waals surface area contributed by atoms with Crippen molar-refractivity contribution in [3.63, 3.8) is 0 Å². The van der Waals surface area contributed by atoms with Crippen molar-refractivity contribution in [2.24, 2.45) is 0 Å². The Morgan fingerprint density at radius 3 is 2.44 bits per heavy atom. The minimum Gasteiger partial charge on any atom is -0.478 e. The van der Waals surface area contributed by atoms with Gasteiger partial charge in [0.15, 0.2) is 5.75 Å². The first-order valence-electron chi connectivity index (χ1n) is 11.2. The van der Waals surface area contributed by atoms with Gasteiger partial charge in [-0.2, -0.15) is 0 Å². The summed E-state index contributed by atoms with van der Waals surface area (Å²) in [7, 11) is 1.00. The second kappa shape index (κ2) is 17.1. The number of hydrogen-bond donors (Lipinski definition) is 6. The maximum absolute atomic E-state index is 11.7. The Hall–Kier alpha value is -2.34. The SMILES string of the molecule is CCCCNc1cc(C(=O)O)cc(SNC(OCCO)C(O)CC)c1Oc1ccccc1.CO. The maximum Gasteiger partial charge on any atom is 0.335 e. The number of carboxylic acid groups (broad SMARTS) is 1. The van der Waals surface area contributed by atoms with Crippen LogP contribution in [-0.4, -0.2) is 65.6 Å². The van der Waals surface area contributed by atoms with Gasteiger partial charge in [0.25, 0.3) is 0 Å². The van der Waals surface area contributed by atoms with Gasteiger partial charge in [0.1, 0.15) is 12.0 Å². The lowest BCUT2D eigenvalue weighted by Gasteiger charge is -2.24. The zero-order chi connectivity index (χ0) is 25.3. The monoisotopic (exact) mass is 496 g/mol. The summed E-state index contributed by atoms with van der Waals surface area (Å²) >= 11 is 1.11. The Labute approximate surface area is 205 Å². The van der Waals surface area contributed by atoms with Crippen LogP contribution in [0.2, 0.25) is 0 Å². The molecule has 6 N–H and O–H groups in total. The van der Waals surface area contributed by atoms with Crippen LogP contribution < -0.4 is 14.8 Å². The first-order chi connectivity index (χ1) is 16.5. The van der Waals surface area contributed by atoms with E-state index in [1.165, 1.54) is 6.07 Å². The summed E-state index contributed by atoms with van der Waals surface area (Å²) in [6, 6.07) is 12.3. The summed E-state index contributed by atoms with van der Waals surface area (Å²) in [5.41, 5.74) is 0.674. The van der Waals surface area contributed by atoms with E-state index < -0.39 is 18.3 Å². The van der Waals surface area contributed by atoms with E-state index in [0.717, 1.165) is 31.9 Å². The van der Waals surface area contributed by atoms with Gasteiger partial charge in [0, 0.05) is 13.7 Å². The summed E-state index contributed by atoms with van der Waals surface area (Å²) in [5, 5.41) is 39.2. The van der Waals surface area contributed by atoms with Crippen LogP contribution in [0, 0.1) is 0 Å². The number of nitrogens with one attached hydrogen (secondary N) is 2. The highest BCUT2D eigenvalue weighted by atomic mass is 32.2. The van der Waals surface area contributed by atoms with E-state index >= 15 is 0 Å². The van der Waals surface area contributed by atoms with Crippen LogP contribution in [-0.2, 0) is 4.74 Å². The molecular weight excluding hydrogens is 460 g/mol. The largest absolute Gasteiger partial charge is 0.478 e. The van der Waals surface area contributed by atoms with Crippen LogP contribution in [0.1, 0.15) is 43.5 Å². The van der Waals surface area contributed by atoms with Crippen molar-refractivity contribution >= 4 is 23.6 Å². The van der Waals surface area contributed by atoms with Gasteiger partial charge >= 0.3 is 5.97 Å². The van der Waals surface area contributed by atoms with E-state index in [2.05, 4.69) is 17.0 Å². The number of rotatable bonds is 15. The average molecular weight is 497 g/mol. The molecule has 0 radical (unpaired) electrons. The number of hydrogen-bond acceptors (Lipinski definition) is 9. The molecule has 0 bridgehead atoms. The summed E-state index contributed by atoms with van der Waals surface area (Å²) in [6.45, 7) is 4.44. The van der Waals surface area contributed by atoms with E-state index in [1.807, 2.05) is 37.3 Å². The molecule has 190 valence electrons. The summed E-state index contributed by atoms with van der Waals surface area (Å²) in [6.07, 6.45) is 0.783. The molecule has 0 amide bonds. The van der Waals surface area contributed by atoms with E-state index in [9.17, 15) is 15.0 Å². The lowest BCUT2D eigenvalue weighted by molar-refractivity contribution is -0.0525. The molecule has 2 rings (SSSR count). The molecular formula is C24H36N2O7S. The zero-order valence-corrected chi connectivity index (χ0v) is 20.7. The number of benzene rings is 2. The topological polar surface area (TPSA) is 141 Å². The molecule has 0 saturated heterocycles. The highest BCUT2D eigenvalue weighted by molar-refractivity contribution is 7.97. The van der Waals surface area contributed by atoms with Crippen LogP contribution in [0.25, 0.3) is 0 Å². The molecule has 9 nitrogen and oxygen atoms in total. The maximum atomic E-state index is 11.7. The molecule has 0 aromatic heterocycles. The normalized spacial score (nSPS) is 12.3. The Kier molecular flexibility index (Phi) is 15.0. The fourth-order valence-electron chi connectivity index (χ4n) is 2.78. The van der Waals surface area contributed by atoms with E-state index in [0.29, 0.717) is 35.0 Å². The Balaban J connectivity index is 0.00000281. The number of aliphatic hydroxyl groups excluding tert-OH is 3. The van der Waals surface area contributed by atoms with Gasteiger partial charge in [-0.05, 0) is 49.1 Å². The van der Waals surface area contributed by atoms with Crippen molar-refractivity contribution in [1.82, 2.24) is 4.72 Å². The summed E-state index contributed by atoms with van der Waals surface area (Å²) in [4.78, 5) is 12.3. The molecule has 0 spiro atoms. The lowest BCUT2D eigenvalue weighted by Crippen LogP contribution is -2.39. The Morgan fingerprint density at radius 1 is 1.15 bits per heavy atom. The van der Waals surface area contributed by atoms with Crippen LogP contribution in [0.15, 0.2) is 47.4 Å². The first-order valence-corrected chi connectivity index (χ1v) is 12.0. The minimum atomic E-state index is -1.06. The number of carboxylic acids is 1. The third-order valence-corrected chi connectivity index (χ3v) is 5.43. The number of carbonyl (C=O) groups is 1. The molecule has 0 saturated carbocycles. The molecule has 0 aliphatic rings. The van der Waals surface area contributed by atoms with Crippen molar-refractivity contribution < 1.29 is 34.7 Å². The third-order valence-electron chi connectivity index (χ3n) is 4.55. The van der Waals surface area contributed by atoms with Gasteiger partial charge in [0.05, 0.1) is 35.5 Å². The molecule has 0 aliphatic carbocycles. The minimum absolute atomic E-state index is 0.0572. The average Bonchev–Trinajstić information content (AvgIpc) is 2.86. The van der Waals surface area contributed by atoms with Crippen LogP contribution >= 0.6 is 11.9 Å².